The van der Waals surface area contributed by atoms with Gasteiger partial charge in [-0.25, -0.2) is 0 Å². The Morgan fingerprint density at radius 3 is 2.54 bits per heavy atom. The fourth-order valence-electron chi connectivity index (χ4n) is 2.80. The van der Waals surface area contributed by atoms with E-state index in [4.69, 9.17) is 0 Å². The molecule has 1 heteroatoms. The van der Waals surface area contributed by atoms with Crippen LogP contribution >= 0.6 is 0 Å². The molecule has 68 valence electrons. The fourth-order valence-corrected chi connectivity index (χ4v) is 2.80. The van der Waals surface area contributed by atoms with E-state index in [0.717, 1.165) is 6.42 Å². The fraction of sp³-hybridized carbons (Fsp3) is 0.500. The number of rotatable bonds is 0. The van der Waals surface area contributed by atoms with Gasteiger partial charge in [-0.2, -0.15) is 0 Å². The third kappa shape index (κ3) is 0.969. The Balaban J connectivity index is 2.05. The van der Waals surface area contributed by atoms with Gasteiger partial charge in [0.05, 0.1) is 6.10 Å². The van der Waals surface area contributed by atoms with Crippen LogP contribution < -0.4 is 0 Å². The van der Waals surface area contributed by atoms with Gasteiger partial charge in [-0.3, -0.25) is 0 Å². The molecule has 0 saturated carbocycles. The van der Waals surface area contributed by atoms with Gasteiger partial charge in [0, 0.05) is 5.92 Å². The lowest BCUT2D eigenvalue weighted by Crippen LogP contribution is -2.32. The zero-order chi connectivity index (χ0) is 8.84. The minimum absolute atomic E-state index is 0.229. The van der Waals surface area contributed by atoms with Gasteiger partial charge >= 0.3 is 0 Å². The molecule has 0 unspecified atom stereocenters. The summed E-state index contributed by atoms with van der Waals surface area (Å²) in [4.78, 5) is 0. The van der Waals surface area contributed by atoms with Crippen molar-refractivity contribution >= 4 is 0 Å². The Morgan fingerprint density at radius 1 is 0.923 bits per heavy atom. The van der Waals surface area contributed by atoms with E-state index in [1.165, 1.54) is 0 Å². The molecule has 3 aliphatic rings. The number of allylic oxidation sites excluding steroid dienone is 5. The Morgan fingerprint density at radius 2 is 1.77 bits per heavy atom. The maximum absolute atomic E-state index is 9.87. The van der Waals surface area contributed by atoms with Crippen molar-refractivity contribution in [3.8, 4) is 0 Å². The van der Waals surface area contributed by atoms with Gasteiger partial charge in [0.1, 0.15) is 0 Å². The molecule has 1 nitrogen and oxygen atoms in total. The molecule has 0 heterocycles. The maximum atomic E-state index is 9.87. The van der Waals surface area contributed by atoms with E-state index in [2.05, 4.69) is 30.4 Å². The van der Waals surface area contributed by atoms with Crippen molar-refractivity contribution in [3.05, 3.63) is 36.5 Å². The maximum Gasteiger partial charge on any atom is 0.0758 e. The Hall–Kier alpha value is -0.820. The molecule has 0 aromatic heterocycles. The molecule has 1 N–H and O–H groups in total. The molecule has 0 amide bonds. The Bertz CT molecular complexity index is 300. The summed E-state index contributed by atoms with van der Waals surface area (Å²) in [5.74, 6) is 2.24. The monoisotopic (exact) mass is 174 g/mol. The SMILES string of the molecule is O[C@@H]1C=C[C@H]2C=CC[C@@H]1[C@H]1C=C[C@@H]21. The minimum Gasteiger partial charge on any atom is -0.389 e. The van der Waals surface area contributed by atoms with E-state index < -0.39 is 0 Å². The highest BCUT2D eigenvalue weighted by molar-refractivity contribution is 5.26. The third-order valence-corrected chi connectivity index (χ3v) is 3.67. The second-order valence-electron chi connectivity index (χ2n) is 4.32. The van der Waals surface area contributed by atoms with Gasteiger partial charge in [-0.05, 0) is 24.2 Å². The number of hydrogen-bond donors (Lipinski definition) is 1. The predicted octanol–water partition coefficient (Wildman–Crippen LogP) is 1.91. The van der Waals surface area contributed by atoms with Crippen LogP contribution in [-0.4, -0.2) is 11.2 Å². The number of hydrogen-bond acceptors (Lipinski definition) is 1. The molecule has 0 aromatic rings. The molecule has 2 bridgehead atoms. The lowest BCUT2D eigenvalue weighted by atomic mass is 9.69. The molecular weight excluding hydrogens is 160 g/mol. The van der Waals surface area contributed by atoms with Crippen molar-refractivity contribution in [2.75, 3.05) is 0 Å². The first-order valence-electron chi connectivity index (χ1n) is 5.07. The van der Waals surface area contributed by atoms with Gasteiger partial charge in [-0.1, -0.05) is 36.5 Å². The van der Waals surface area contributed by atoms with E-state index >= 15 is 0 Å². The summed E-state index contributed by atoms with van der Waals surface area (Å²) in [6.45, 7) is 0. The van der Waals surface area contributed by atoms with Gasteiger partial charge in [-0.15, -0.1) is 0 Å². The second-order valence-corrected chi connectivity index (χ2v) is 4.32. The van der Waals surface area contributed by atoms with E-state index in [-0.39, 0.29) is 6.10 Å². The van der Waals surface area contributed by atoms with Crippen LogP contribution in [0.4, 0.5) is 0 Å². The number of aliphatic hydroxyl groups is 1. The van der Waals surface area contributed by atoms with Crippen LogP contribution in [0.2, 0.25) is 0 Å². The quantitative estimate of drug-likeness (QED) is 0.556. The molecule has 0 spiro atoms. The van der Waals surface area contributed by atoms with Crippen molar-refractivity contribution in [1.82, 2.24) is 0 Å². The van der Waals surface area contributed by atoms with E-state index in [0.29, 0.717) is 23.7 Å². The molecule has 3 aliphatic carbocycles. The van der Waals surface area contributed by atoms with Gasteiger partial charge in [0.15, 0.2) is 0 Å². The summed E-state index contributed by atoms with van der Waals surface area (Å²) in [7, 11) is 0. The molecule has 5 atom stereocenters. The van der Waals surface area contributed by atoms with Crippen molar-refractivity contribution in [2.24, 2.45) is 23.7 Å². The lowest BCUT2D eigenvalue weighted by Gasteiger charge is -2.36. The first-order valence-corrected chi connectivity index (χ1v) is 5.07. The molecule has 0 fully saturated rings. The summed E-state index contributed by atoms with van der Waals surface area (Å²) >= 11 is 0. The zero-order valence-electron chi connectivity index (χ0n) is 7.51. The summed E-state index contributed by atoms with van der Waals surface area (Å²) in [6, 6.07) is 0. The van der Waals surface area contributed by atoms with Crippen molar-refractivity contribution < 1.29 is 5.11 Å². The summed E-state index contributed by atoms with van der Waals surface area (Å²) in [5, 5.41) is 9.87. The molecule has 0 saturated heterocycles. The van der Waals surface area contributed by atoms with E-state index in [9.17, 15) is 5.11 Å². The van der Waals surface area contributed by atoms with Gasteiger partial charge in [0.25, 0.3) is 0 Å². The molecule has 3 rings (SSSR count). The predicted molar refractivity (Wildman–Crippen MR) is 52.0 cm³/mol. The van der Waals surface area contributed by atoms with Crippen LogP contribution in [0.25, 0.3) is 0 Å². The molecule has 0 aliphatic heterocycles. The third-order valence-electron chi connectivity index (χ3n) is 3.67. The summed E-state index contributed by atoms with van der Waals surface area (Å²) < 4.78 is 0. The molecular formula is C12H14O. The topological polar surface area (TPSA) is 20.2 Å². The average molecular weight is 174 g/mol. The van der Waals surface area contributed by atoms with Crippen molar-refractivity contribution in [2.45, 2.75) is 12.5 Å². The van der Waals surface area contributed by atoms with Crippen LogP contribution in [0.3, 0.4) is 0 Å². The van der Waals surface area contributed by atoms with Gasteiger partial charge < -0.3 is 5.11 Å². The molecule has 0 radical (unpaired) electrons. The highest BCUT2D eigenvalue weighted by atomic mass is 16.3. The standard InChI is InChI=1S/C12H14O/c13-12-7-4-8-2-1-3-11(12)10-6-5-9(8)10/h1-2,4-13H,3H2/t8-,9+,10+,11-,12-/m1/s1. The largest absolute Gasteiger partial charge is 0.389 e. The van der Waals surface area contributed by atoms with Crippen LogP contribution in [0.5, 0.6) is 0 Å². The Labute approximate surface area is 78.5 Å². The first kappa shape index (κ1) is 7.57. The Kier molecular flexibility index (Phi) is 1.50. The van der Waals surface area contributed by atoms with Crippen LogP contribution in [-0.2, 0) is 0 Å². The lowest BCUT2D eigenvalue weighted by molar-refractivity contribution is 0.110. The van der Waals surface area contributed by atoms with E-state index in [1.807, 2.05) is 6.08 Å². The average Bonchev–Trinajstić information content (AvgIpc) is 2.21. The summed E-state index contributed by atoms with van der Waals surface area (Å²) in [5.41, 5.74) is 0. The van der Waals surface area contributed by atoms with Crippen molar-refractivity contribution in [1.29, 1.82) is 0 Å². The second kappa shape index (κ2) is 2.58. The molecule has 13 heavy (non-hydrogen) atoms. The molecule has 0 aromatic carbocycles. The smallest absolute Gasteiger partial charge is 0.0758 e. The summed E-state index contributed by atoms with van der Waals surface area (Å²) in [6.07, 6.45) is 14.1. The van der Waals surface area contributed by atoms with Crippen LogP contribution in [0.1, 0.15) is 6.42 Å². The highest BCUT2D eigenvalue weighted by Gasteiger charge is 2.40. The minimum atomic E-state index is -0.229. The van der Waals surface area contributed by atoms with Crippen LogP contribution in [0, 0.1) is 23.7 Å². The zero-order valence-corrected chi connectivity index (χ0v) is 7.51. The van der Waals surface area contributed by atoms with E-state index in [1.54, 1.807) is 0 Å². The van der Waals surface area contributed by atoms with Gasteiger partial charge in [0.2, 0.25) is 0 Å². The first-order chi connectivity index (χ1) is 6.36. The van der Waals surface area contributed by atoms with Crippen LogP contribution in [0.15, 0.2) is 36.5 Å². The highest BCUT2D eigenvalue weighted by Crippen LogP contribution is 2.45. The normalized spacial score (nSPS) is 51.0. The number of aliphatic hydroxyl groups excluding tert-OH is 1. The van der Waals surface area contributed by atoms with Crippen molar-refractivity contribution in [3.63, 3.8) is 0 Å².